The fourth-order valence-corrected chi connectivity index (χ4v) is 2.14. The van der Waals surface area contributed by atoms with Crippen molar-refractivity contribution in [1.29, 1.82) is 0 Å². The molecule has 19 heavy (non-hydrogen) atoms. The first kappa shape index (κ1) is 11.7. The van der Waals surface area contributed by atoms with Gasteiger partial charge in [0.05, 0.1) is 11.8 Å². The highest BCUT2D eigenvalue weighted by Crippen LogP contribution is 2.21. The molecule has 0 aliphatic heterocycles. The van der Waals surface area contributed by atoms with E-state index in [1.165, 1.54) is 11.3 Å². The van der Waals surface area contributed by atoms with E-state index in [2.05, 4.69) is 5.16 Å². The molecule has 0 aliphatic rings. The van der Waals surface area contributed by atoms with Crippen LogP contribution in [0, 0.1) is 0 Å². The summed E-state index contributed by atoms with van der Waals surface area (Å²) in [6, 6.07) is 6.92. The third-order valence-corrected chi connectivity index (χ3v) is 3.11. The van der Waals surface area contributed by atoms with Crippen molar-refractivity contribution in [3.05, 3.63) is 52.5 Å². The minimum Gasteiger partial charge on any atom is -0.461 e. The molecule has 3 heterocycles. The molecule has 0 N–H and O–H groups in total. The van der Waals surface area contributed by atoms with E-state index in [9.17, 15) is 4.79 Å². The summed E-state index contributed by atoms with van der Waals surface area (Å²) in [5.41, 5.74) is 1.08. The van der Waals surface area contributed by atoms with E-state index in [1.54, 1.807) is 35.9 Å². The summed E-state index contributed by atoms with van der Waals surface area (Å²) in [6.45, 7) is 0.0683. The molecular formula is C13H9NO4S. The summed E-state index contributed by atoms with van der Waals surface area (Å²) in [4.78, 5) is 11.6. The van der Waals surface area contributed by atoms with Gasteiger partial charge >= 0.3 is 5.97 Å². The molecule has 0 aromatic carbocycles. The van der Waals surface area contributed by atoms with Crippen LogP contribution in [0.3, 0.4) is 0 Å². The third kappa shape index (κ3) is 2.58. The third-order valence-electron chi connectivity index (χ3n) is 2.43. The smallest absolute Gasteiger partial charge is 0.339 e. The highest BCUT2D eigenvalue weighted by Gasteiger charge is 2.12. The Balaban J connectivity index is 1.63. The van der Waals surface area contributed by atoms with Crippen LogP contribution in [-0.2, 0) is 11.3 Å². The Hall–Kier alpha value is -2.34. The van der Waals surface area contributed by atoms with Crippen LogP contribution in [0.5, 0.6) is 0 Å². The minimum atomic E-state index is -0.371. The maximum Gasteiger partial charge on any atom is 0.339 e. The van der Waals surface area contributed by atoms with Crippen molar-refractivity contribution in [1.82, 2.24) is 5.16 Å². The van der Waals surface area contributed by atoms with Crippen LogP contribution in [0.4, 0.5) is 0 Å². The molecule has 0 radical (unpaired) electrons. The van der Waals surface area contributed by atoms with Crippen molar-refractivity contribution in [2.75, 3.05) is 0 Å². The van der Waals surface area contributed by atoms with Crippen LogP contribution in [0.2, 0.25) is 0 Å². The highest BCUT2D eigenvalue weighted by molar-refractivity contribution is 7.08. The van der Waals surface area contributed by atoms with Gasteiger partial charge in [-0.2, -0.15) is 11.3 Å². The van der Waals surface area contributed by atoms with E-state index in [0.717, 1.165) is 0 Å². The van der Waals surface area contributed by atoms with Gasteiger partial charge in [-0.15, -0.1) is 0 Å². The largest absolute Gasteiger partial charge is 0.461 e. The quantitative estimate of drug-likeness (QED) is 0.683. The van der Waals surface area contributed by atoms with Crippen LogP contribution in [-0.4, -0.2) is 11.1 Å². The Morgan fingerprint density at radius 1 is 1.37 bits per heavy atom. The number of hydrogen-bond acceptors (Lipinski definition) is 6. The Labute approximate surface area is 112 Å². The summed E-state index contributed by atoms with van der Waals surface area (Å²) in [7, 11) is 0. The number of rotatable bonds is 4. The molecule has 0 saturated carbocycles. The van der Waals surface area contributed by atoms with Gasteiger partial charge in [-0.3, -0.25) is 0 Å². The molecule has 3 rings (SSSR count). The summed E-state index contributed by atoms with van der Waals surface area (Å²) in [5.74, 6) is 0.721. The molecule has 0 unspecified atom stereocenters. The number of ether oxygens (including phenoxy) is 1. The second kappa shape index (κ2) is 5.11. The molecule has 0 amide bonds. The Kier molecular flexibility index (Phi) is 3.16. The topological polar surface area (TPSA) is 65.5 Å². The van der Waals surface area contributed by atoms with Crippen molar-refractivity contribution >= 4 is 17.3 Å². The number of thiophene rings is 1. The lowest BCUT2D eigenvalue weighted by Crippen LogP contribution is -2.03. The van der Waals surface area contributed by atoms with Gasteiger partial charge in [0.2, 0.25) is 5.76 Å². The molecule has 0 fully saturated rings. The van der Waals surface area contributed by atoms with Crippen molar-refractivity contribution in [2.45, 2.75) is 6.61 Å². The lowest BCUT2D eigenvalue weighted by Gasteiger charge is -1.99. The van der Waals surface area contributed by atoms with Gasteiger partial charge in [-0.05, 0) is 23.6 Å². The van der Waals surface area contributed by atoms with Crippen molar-refractivity contribution in [2.24, 2.45) is 0 Å². The van der Waals surface area contributed by atoms with Gasteiger partial charge in [-0.25, -0.2) is 4.79 Å². The van der Waals surface area contributed by atoms with E-state index in [0.29, 0.717) is 22.8 Å². The van der Waals surface area contributed by atoms with E-state index in [4.69, 9.17) is 13.7 Å². The molecule has 0 spiro atoms. The Morgan fingerprint density at radius 2 is 2.32 bits per heavy atom. The molecule has 0 bridgehead atoms. The average Bonchev–Trinajstić information content (AvgIpc) is 3.14. The molecule has 5 nitrogen and oxygen atoms in total. The second-order valence-electron chi connectivity index (χ2n) is 3.75. The normalized spacial score (nSPS) is 10.5. The maximum atomic E-state index is 11.6. The van der Waals surface area contributed by atoms with E-state index in [1.807, 2.05) is 5.38 Å². The fourth-order valence-electron chi connectivity index (χ4n) is 1.52. The van der Waals surface area contributed by atoms with E-state index >= 15 is 0 Å². The first-order valence-electron chi connectivity index (χ1n) is 5.52. The molecule has 96 valence electrons. The first-order valence-corrected chi connectivity index (χ1v) is 6.46. The molecular weight excluding hydrogens is 266 g/mol. The summed E-state index contributed by atoms with van der Waals surface area (Å²) in [6.07, 6.45) is 1.55. The van der Waals surface area contributed by atoms with Gasteiger partial charge in [0.15, 0.2) is 5.76 Å². The summed E-state index contributed by atoms with van der Waals surface area (Å²) >= 11 is 1.44. The van der Waals surface area contributed by atoms with Crippen LogP contribution >= 0.6 is 11.3 Å². The second-order valence-corrected chi connectivity index (χ2v) is 4.53. The van der Waals surface area contributed by atoms with Gasteiger partial charge in [0, 0.05) is 11.4 Å². The number of hydrogen-bond donors (Lipinski definition) is 0. The molecule has 3 aromatic rings. The average molecular weight is 275 g/mol. The van der Waals surface area contributed by atoms with Gasteiger partial charge in [-0.1, -0.05) is 5.16 Å². The van der Waals surface area contributed by atoms with Gasteiger partial charge in [0.25, 0.3) is 0 Å². The fraction of sp³-hybridized carbons (Fsp3) is 0.0769. The van der Waals surface area contributed by atoms with Gasteiger partial charge < -0.3 is 13.7 Å². The monoisotopic (exact) mass is 275 g/mol. The van der Waals surface area contributed by atoms with Crippen LogP contribution in [0.1, 0.15) is 16.1 Å². The molecule has 0 saturated heterocycles. The molecule has 3 aromatic heterocycles. The number of esters is 1. The highest BCUT2D eigenvalue weighted by atomic mass is 32.1. The minimum absolute atomic E-state index is 0.0683. The lowest BCUT2D eigenvalue weighted by molar-refractivity contribution is 0.0465. The van der Waals surface area contributed by atoms with Crippen LogP contribution in [0.15, 0.2) is 50.2 Å². The zero-order valence-electron chi connectivity index (χ0n) is 9.74. The Bertz CT molecular complexity index is 655. The number of nitrogens with zero attached hydrogens (tertiary/aromatic N) is 1. The predicted octanol–water partition coefficient (Wildman–Crippen LogP) is 3.35. The predicted molar refractivity (Wildman–Crippen MR) is 67.6 cm³/mol. The van der Waals surface area contributed by atoms with Crippen LogP contribution < -0.4 is 0 Å². The zero-order chi connectivity index (χ0) is 13.1. The standard InChI is InChI=1S/C13H9NO4S/c15-13(9-3-5-19-8-9)17-7-10-6-12(18-14-10)11-2-1-4-16-11/h1-6,8H,7H2. The van der Waals surface area contributed by atoms with E-state index in [-0.39, 0.29) is 12.6 Å². The summed E-state index contributed by atoms with van der Waals surface area (Å²) < 4.78 is 15.4. The van der Waals surface area contributed by atoms with Crippen molar-refractivity contribution in [3.8, 4) is 11.5 Å². The first-order chi connectivity index (χ1) is 9.33. The number of carbonyl (C=O) groups is 1. The SMILES string of the molecule is O=C(OCc1cc(-c2ccco2)on1)c1ccsc1. The Morgan fingerprint density at radius 3 is 3.05 bits per heavy atom. The van der Waals surface area contributed by atoms with Crippen molar-refractivity contribution in [3.63, 3.8) is 0 Å². The molecule has 6 heteroatoms. The molecule has 0 aliphatic carbocycles. The van der Waals surface area contributed by atoms with Crippen molar-refractivity contribution < 1.29 is 18.5 Å². The number of carbonyl (C=O) groups excluding carboxylic acids is 1. The number of furan rings is 1. The van der Waals surface area contributed by atoms with Crippen LogP contribution in [0.25, 0.3) is 11.5 Å². The van der Waals surface area contributed by atoms with E-state index < -0.39 is 0 Å². The lowest BCUT2D eigenvalue weighted by atomic mass is 10.3. The maximum absolute atomic E-state index is 11.6. The van der Waals surface area contributed by atoms with Gasteiger partial charge in [0.1, 0.15) is 12.3 Å². The molecule has 0 atom stereocenters. The number of aromatic nitrogens is 1. The summed E-state index contributed by atoms with van der Waals surface area (Å²) in [5, 5.41) is 7.37. The zero-order valence-corrected chi connectivity index (χ0v) is 10.6.